The van der Waals surface area contributed by atoms with E-state index in [4.69, 9.17) is 9.47 Å². The van der Waals surface area contributed by atoms with Crippen LogP contribution in [-0.2, 0) is 4.79 Å². The number of likely N-dealkylation sites (tertiary alicyclic amines) is 1. The van der Waals surface area contributed by atoms with Crippen LogP contribution in [0.1, 0.15) is 32.6 Å². The van der Waals surface area contributed by atoms with Crippen LogP contribution in [0.15, 0.2) is 18.2 Å². The van der Waals surface area contributed by atoms with Crippen LogP contribution in [0.4, 0.5) is 10.5 Å². The molecule has 3 rings (SSSR count). The number of amides is 3. The van der Waals surface area contributed by atoms with Gasteiger partial charge in [-0.15, -0.1) is 0 Å². The van der Waals surface area contributed by atoms with Crippen molar-refractivity contribution in [2.24, 2.45) is 0 Å². The number of nitrogens with zero attached hydrogens (tertiary/aromatic N) is 3. The Morgan fingerprint density at radius 2 is 1.89 bits per heavy atom. The fraction of sp³-hybridized carbons (Fsp3) is 0.600. The Bertz CT molecular complexity index is 694. The molecule has 1 aromatic carbocycles. The van der Waals surface area contributed by atoms with E-state index in [1.807, 2.05) is 11.0 Å². The van der Waals surface area contributed by atoms with Gasteiger partial charge in [-0.25, -0.2) is 4.79 Å². The molecule has 0 spiro atoms. The number of carbonyl (C=O) groups excluding carboxylic acids is 2. The Labute approximate surface area is 160 Å². The van der Waals surface area contributed by atoms with Crippen LogP contribution < -0.4 is 14.4 Å². The first-order valence-corrected chi connectivity index (χ1v) is 9.67. The zero-order chi connectivity index (χ0) is 19.4. The molecule has 0 radical (unpaired) electrons. The zero-order valence-corrected chi connectivity index (χ0v) is 16.4. The third kappa shape index (κ3) is 3.96. The molecule has 2 fully saturated rings. The number of hydrogen-bond donors (Lipinski definition) is 0. The summed E-state index contributed by atoms with van der Waals surface area (Å²) in [4.78, 5) is 30.9. The summed E-state index contributed by atoms with van der Waals surface area (Å²) in [6, 6.07) is 5.59. The fourth-order valence-corrected chi connectivity index (χ4v) is 3.97. The molecule has 0 aromatic heterocycles. The van der Waals surface area contributed by atoms with Gasteiger partial charge in [0.05, 0.1) is 14.2 Å². The average Bonchev–Trinajstić information content (AvgIpc) is 3.07. The fourth-order valence-electron chi connectivity index (χ4n) is 3.97. The Kier molecular flexibility index (Phi) is 6.08. The molecule has 1 aromatic rings. The second-order valence-corrected chi connectivity index (χ2v) is 7.04. The molecule has 0 N–H and O–H groups in total. The maximum atomic E-state index is 12.8. The van der Waals surface area contributed by atoms with E-state index in [0.29, 0.717) is 30.6 Å². The molecule has 3 amide bonds. The highest BCUT2D eigenvalue weighted by Gasteiger charge is 2.34. The summed E-state index contributed by atoms with van der Waals surface area (Å²) in [6.07, 6.45) is 4.26. The number of anilines is 1. The minimum atomic E-state index is -0.138. The molecule has 1 unspecified atom stereocenters. The predicted octanol–water partition coefficient (Wildman–Crippen LogP) is 2.74. The lowest BCUT2D eigenvalue weighted by Gasteiger charge is -2.36. The first-order chi connectivity index (χ1) is 13.1. The quantitative estimate of drug-likeness (QED) is 0.767. The summed E-state index contributed by atoms with van der Waals surface area (Å²) in [7, 11) is 3.15. The van der Waals surface area contributed by atoms with Crippen molar-refractivity contribution in [1.82, 2.24) is 9.80 Å². The highest BCUT2D eigenvalue weighted by molar-refractivity contribution is 5.96. The van der Waals surface area contributed by atoms with E-state index >= 15 is 0 Å². The van der Waals surface area contributed by atoms with Crippen molar-refractivity contribution in [3.8, 4) is 11.5 Å². The summed E-state index contributed by atoms with van der Waals surface area (Å²) in [6.45, 7) is 4.18. The van der Waals surface area contributed by atoms with Gasteiger partial charge in [0.1, 0.15) is 6.54 Å². The van der Waals surface area contributed by atoms with Gasteiger partial charge in [-0.2, -0.15) is 0 Å². The van der Waals surface area contributed by atoms with Gasteiger partial charge in [0.2, 0.25) is 5.91 Å². The molecule has 0 bridgehead atoms. The highest BCUT2D eigenvalue weighted by atomic mass is 16.5. The number of methoxy groups -OCH3 is 2. The Morgan fingerprint density at radius 1 is 1.11 bits per heavy atom. The molecular formula is C20H29N3O4. The van der Waals surface area contributed by atoms with Gasteiger partial charge in [-0.1, -0.05) is 6.92 Å². The zero-order valence-electron chi connectivity index (χ0n) is 16.4. The Morgan fingerprint density at radius 3 is 2.59 bits per heavy atom. The van der Waals surface area contributed by atoms with Crippen LogP contribution >= 0.6 is 0 Å². The SMILES string of the molecule is CCC1CCCCN1C(=O)CN1CCN(c2ccc(OC)c(OC)c2)C1=O. The predicted molar refractivity (Wildman–Crippen MR) is 104 cm³/mol. The molecular weight excluding hydrogens is 346 g/mol. The number of rotatable bonds is 6. The summed E-state index contributed by atoms with van der Waals surface area (Å²) < 4.78 is 10.6. The number of urea groups is 1. The first kappa shape index (κ1) is 19.3. The molecule has 1 atom stereocenters. The largest absolute Gasteiger partial charge is 0.493 e. The number of benzene rings is 1. The van der Waals surface area contributed by atoms with Gasteiger partial charge in [-0.3, -0.25) is 9.69 Å². The molecule has 7 nitrogen and oxygen atoms in total. The van der Waals surface area contributed by atoms with Crippen molar-refractivity contribution in [2.75, 3.05) is 45.3 Å². The smallest absolute Gasteiger partial charge is 0.325 e. The lowest BCUT2D eigenvalue weighted by molar-refractivity contribution is -0.135. The van der Waals surface area contributed by atoms with E-state index in [1.165, 1.54) is 6.42 Å². The van der Waals surface area contributed by atoms with Crippen LogP contribution in [0.25, 0.3) is 0 Å². The van der Waals surface area contributed by atoms with Crippen molar-refractivity contribution in [3.63, 3.8) is 0 Å². The van der Waals surface area contributed by atoms with Gasteiger partial charge in [-0.05, 0) is 37.8 Å². The van der Waals surface area contributed by atoms with Crippen molar-refractivity contribution in [3.05, 3.63) is 18.2 Å². The van der Waals surface area contributed by atoms with Gasteiger partial charge in [0, 0.05) is 37.4 Å². The first-order valence-electron chi connectivity index (χ1n) is 9.67. The van der Waals surface area contributed by atoms with Gasteiger partial charge >= 0.3 is 6.03 Å². The standard InChI is InChI=1S/C20H29N3O4/c1-4-15-7-5-6-10-22(15)19(24)14-21-11-12-23(20(21)25)16-8-9-17(26-2)18(13-16)27-3/h8-9,13,15H,4-7,10-12,14H2,1-3H3. The van der Waals surface area contributed by atoms with Crippen molar-refractivity contribution < 1.29 is 19.1 Å². The van der Waals surface area contributed by atoms with E-state index in [0.717, 1.165) is 31.5 Å². The molecule has 2 saturated heterocycles. The number of piperidine rings is 1. The highest BCUT2D eigenvalue weighted by Crippen LogP contribution is 2.32. The second kappa shape index (κ2) is 8.50. The van der Waals surface area contributed by atoms with Crippen molar-refractivity contribution in [2.45, 2.75) is 38.6 Å². The van der Waals surface area contributed by atoms with Crippen molar-refractivity contribution in [1.29, 1.82) is 0 Å². The summed E-state index contributed by atoms with van der Waals surface area (Å²) in [5, 5.41) is 0. The molecule has 27 heavy (non-hydrogen) atoms. The average molecular weight is 375 g/mol. The number of carbonyl (C=O) groups is 2. The van der Waals surface area contributed by atoms with Crippen LogP contribution in [-0.4, -0.2) is 68.2 Å². The molecule has 2 aliphatic heterocycles. The minimum absolute atomic E-state index is 0.0593. The van der Waals surface area contributed by atoms with E-state index in [9.17, 15) is 9.59 Å². The second-order valence-electron chi connectivity index (χ2n) is 7.04. The molecule has 0 aliphatic carbocycles. The van der Waals surface area contributed by atoms with Gasteiger partial charge in [0.25, 0.3) is 0 Å². The van der Waals surface area contributed by atoms with Crippen molar-refractivity contribution >= 4 is 17.6 Å². The normalized spacial score (nSPS) is 20.2. The number of ether oxygens (including phenoxy) is 2. The summed E-state index contributed by atoms with van der Waals surface area (Å²) in [5.74, 6) is 1.26. The third-order valence-corrected chi connectivity index (χ3v) is 5.52. The lowest BCUT2D eigenvalue weighted by Crippen LogP contribution is -2.48. The summed E-state index contributed by atoms with van der Waals surface area (Å²) >= 11 is 0. The molecule has 2 aliphatic rings. The maximum Gasteiger partial charge on any atom is 0.325 e. The van der Waals surface area contributed by atoms with E-state index in [2.05, 4.69) is 6.92 Å². The Hall–Kier alpha value is -2.44. The van der Waals surface area contributed by atoms with Gasteiger partial charge in [0.15, 0.2) is 11.5 Å². The topological polar surface area (TPSA) is 62.3 Å². The third-order valence-electron chi connectivity index (χ3n) is 5.52. The van der Waals surface area contributed by atoms with E-state index in [1.54, 1.807) is 36.2 Å². The van der Waals surface area contributed by atoms with Gasteiger partial charge < -0.3 is 19.3 Å². The molecule has 148 valence electrons. The molecule has 0 saturated carbocycles. The van der Waals surface area contributed by atoms with E-state index in [-0.39, 0.29) is 18.5 Å². The monoisotopic (exact) mass is 375 g/mol. The van der Waals surface area contributed by atoms with Crippen LogP contribution in [0.5, 0.6) is 11.5 Å². The minimum Gasteiger partial charge on any atom is -0.493 e. The van der Waals surface area contributed by atoms with E-state index < -0.39 is 0 Å². The number of hydrogen-bond acceptors (Lipinski definition) is 4. The Balaban J connectivity index is 1.67. The molecule has 7 heteroatoms. The van der Waals surface area contributed by atoms with Crippen LogP contribution in [0.2, 0.25) is 0 Å². The van der Waals surface area contributed by atoms with Crippen LogP contribution in [0.3, 0.4) is 0 Å². The summed E-state index contributed by atoms with van der Waals surface area (Å²) in [5.41, 5.74) is 0.747. The lowest BCUT2D eigenvalue weighted by atomic mass is 10.00. The van der Waals surface area contributed by atoms with Crippen LogP contribution in [0, 0.1) is 0 Å². The maximum absolute atomic E-state index is 12.8. The molecule has 2 heterocycles.